The standard InChI is InChI=1S/C18H15F3N4O3S/c1-24-15-14(16(27)25(2)17(24)28)12(7-8-22-15)29-9-13(26)23-11-6-4-3-5-10(11)18(19,20)21/h3-8H,9H2,1-2H3,(H,23,26). The number of anilines is 1. The topological polar surface area (TPSA) is 86.0 Å². The van der Waals surface area contributed by atoms with Gasteiger partial charge in [0, 0.05) is 25.2 Å². The Kier molecular flexibility index (Phi) is 5.51. The first kappa shape index (κ1) is 20.6. The van der Waals surface area contributed by atoms with Gasteiger partial charge in [-0.05, 0) is 18.2 Å². The van der Waals surface area contributed by atoms with Gasteiger partial charge in [-0.15, -0.1) is 11.8 Å². The van der Waals surface area contributed by atoms with Crippen LogP contribution in [-0.2, 0) is 25.1 Å². The van der Waals surface area contributed by atoms with E-state index >= 15 is 0 Å². The van der Waals surface area contributed by atoms with Crippen LogP contribution in [0.3, 0.4) is 0 Å². The monoisotopic (exact) mass is 424 g/mol. The molecule has 0 unspecified atom stereocenters. The van der Waals surface area contributed by atoms with Crippen LogP contribution >= 0.6 is 11.8 Å². The predicted octanol–water partition coefficient (Wildman–Crippen LogP) is 2.38. The second kappa shape index (κ2) is 7.74. The van der Waals surface area contributed by atoms with Gasteiger partial charge in [0.05, 0.1) is 22.4 Å². The van der Waals surface area contributed by atoms with Crippen LogP contribution in [0.5, 0.6) is 0 Å². The number of fused-ring (bicyclic) bond motifs is 1. The number of nitrogens with one attached hydrogen (secondary N) is 1. The Bertz CT molecular complexity index is 1220. The minimum absolute atomic E-state index is 0.158. The number of carbonyl (C=O) groups is 1. The molecule has 29 heavy (non-hydrogen) atoms. The normalized spacial score (nSPS) is 11.6. The number of hydrogen-bond donors (Lipinski definition) is 1. The largest absolute Gasteiger partial charge is 0.418 e. The fourth-order valence-corrected chi connectivity index (χ4v) is 3.59. The first-order chi connectivity index (χ1) is 13.6. The summed E-state index contributed by atoms with van der Waals surface area (Å²) in [4.78, 5) is 41.2. The van der Waals surface area contributed by atoms with Crippen molar-refractivity contribution in [3.05, 3.63) is 62.9 Å². The van der Waals surface area contributed by atoms with Crippen LogP contribution in [0.1, 0.15) is 5.56 Å². The number of aryl methyl sites for hydroxylation is 1. The molecule has 0 spiro atoms. The molecule has 7 nitrogen and oxygen atoms in total. The molecular weight excluding hydrogens is 409 g/mol. The first-order valence-corrected chi connectivity index (χ1v) is 9.23. The van der Waals surface area contributed by atoms with E-state index in [1.807, 2.05) is 0 Å². The molecule has 152 valence electrons. The van der Waals surface area contributed by atoms with Crippen molar-refractivity contribution < 1.29 is 18.0 Å². The van der Waals surface area contributed by atoms with E-state index in [1.54, 1.807) is 0 Å². The third-order valence-corrected chi connectivity index (χ3v) is 5.23. The summed E-state index contributed by atoms with van der Waals surface area (Å²) in [6, 6.07) is 6.17. The molecule has 11 heteroatoms. The van der Waals surface area contributed by atoms with E-state index < -0.39 is 28.9 Å². The van der Waals surface area contributed by atoms with Crippen molar-refractivity contribution in [2.45, 2.75) is 11.1 Å². The molecule has 2 heterocycles. The summed E-state index contributed by atoms with van der Waals surface area (Å²) in [7, 11) is 2.79. The molecule has 0 aliphatic carbocycles. The number of carbonyl (C=O) groups excluding carboxylic acids is 1. The number of aromatic nitrogens is 3. The van der Waals surface area contributed by atoms with Crippen LogP contribution in [0.2, 0.25) is 0 Å². The number of thioether (sulfide) groups is 1. The SMILES string of the molecule is Cn1c(=O)c2c(SCC(=O)Nc3ccccc3C(F)(F)F)ccnc2n(C)c1=O. The molecular formula is C18H15F3N4O3S. The second-order valence-electron chi connectivity index (χ2n) is 6.09. The molecule has 0 bridgehead atoms. The van der Waals surface area contributed by atoms with Crippen molar-refractivity contribution in [3.8, 4) is 0 Å². The lowest BCUT2D eigenvalue weighted by atomic mass is 10.1. The molecule has 0 radical (unpaired) electrons. The fraction of sp³-hybridized carbons (Fsp3) is 0.222. The fourth-order valence-electron chi connectivity index (χ4n) is 2.75. The zero-order chi connectivity index (χ0) is 21.3. The number of amides is 1. The van der Waals surface area contributed by atoms with Gasteiger partial charge in [0.25, 0.3) is 5.56 Å². The molecule has 1 aromatic carbocycles. The number of hydrogen-bond acceptors (Lipinski definition) is 5. The Morgan fingerprint density at radius 2 is 1.83 bits per heavy atom. The summed E-state index contributed by atoms with van der Waals surface area (Å²) in [5.74, 6) is -0.907. The van der Waals surface area contributed by atoms with Gasteiger partial charge in [0.15, 0.2) is 0 Å². The van der Waals surface area contributed by atoms with E-state index in [2.05, 4.69) is 10.3 Å². The lowest BCUT2D eigenvalue weighted by molar-refractivity contribution is -0.137. The highest BCUT2D eigenvalue weighted by molar-refractivity contribution is 8.00. The number of halogens is 3. The van der Waals surface area contributed by atoms with E-state index in [0.717, 1.165) is 22.4 Å². The minimum atomic E-state index is -4.60. The molecule has 1 N–H and O–H groups in total. The molecule has 3 rings (SSSR count). The number of rotatable bonds is 4. The van der Waals surface area contributed by atoms with Crippen molar-refractivity contribution in [3.63, 3.8) is 0 Å². The number of benzene rings is 1. The van der Waals surface area contributed by atoms with E-state index in [0.29, 0.717) is 4.90 Å². The number of para-hydroxylation sites is 1. The summed E-state index contributed by atoms with van der Waals surface area (Å²) in [5.41, 5.74) is -2.24. The average Bonchev–Trinajstić information content (AvgIpc) is 2.68. The number of alkyl halides is 3. The van der Waals surface area contributed by atoms with Crippen LogP contribution < -0.4 is 16.6 Å². The maximum Gasteiger partial charge on any atom is 0.418 e. The zero-order valence-electron chi connectivity index (χ0n) is 15.3. The first-order valence-electron chi connectivity index (χ1n) is 8.25. The maximum absolute atomic E-state index is 13.0. The van der Waals surface area contributed by atoms with Crippen LogP contribution in [0.4, 0.5) is 18.9 Å². The number of nitrogens with zero attached hydrogens (tertiary/aromatic N) is 3. The summed E-state index contributed by atoms with van der Waals surface area (Å²) in [6.07, 6.45) is -3.21. The van der Waals surface area contributed by atoms with Gasteiger partial charge < -0.3 is 5.32 Å². The summed E-state index contributed by atoms with van der Waals surface area (Å²) >= 11 is 0.966. The lowest BCUT2D eigenvalue weighted by Gasteiger charge is -2.13. The maximum atomic E-state index is 13.0. The highest BCUT2D eigenvalue weighted by Gasteiger charge is 2.33. The van der Waals surface area contributed by atoms with Gasteiger partial charge in [0.1, 0.15) is 5.65 Å². The molecule has 0 aliphatic heterocycles. The van der Waals surface area contributed by atoms with Gasteiger partial charge in [-0.25, -0.2) is 9.78 Å². The number of pyridine rings is 1. The van der Waals surface area contributed by atoms with Gasteiger partial charge in [-0.1, -0.05) is 12.1 Å². The van der Waals surface area contributed by atoms with Crippen molar-refractivity contribution >= 4 is 34.4 Å². The smallest absolute Gasteiger partial charge is 0.325 e. The average molecular weight is 424 g/mol. The van der Waals surface area contributed by atoms with Crippen molar-refractivity contribution in [1.29, 1.82) is 0 Å². The molecule has 1 amide bonds. The predicted molar refractivity (Wildman–Crippen MR) is 103 cm³/mol. The summed E-state index contributed by atoms with van der Waals surface area (Å²) in [5, 5.41) is 2.41. The van der Waals surface area contributed by atoms with Crippen LogP contribution in [0, 0.1) is 0 Å². The van der Waals surface area contributed by atoms with E-state index in [-0.39, 0.29) is 22.5 Å². The highest BCUT2D eigenvalue weighted by Crippen LogP contribution is 2.34. The molecule has 2 aromatic heterocycles. The lowest BCUT2D eigenvalue weighted by Crippen LogP contribution is -2.37. The molecule has 0 aliphatic rings. The quantitative estimate of drug-likeness (QED) is 0.650. The van der Waals surface area contributed by atoms with Gasteiger partial charge in [0.2, 0.25) is 5.91 Å². The minimum Gasteiger partial charge on any atom is -0.325 e. The van der Waals surface area contributed by atoms with Crippen molar-refractivity contribution in [2.75, 3.05) is 11.1 Å². The molecule has 0 atom stereocenters. The molecule has 0 saturated heterocycles. The van der Waals surface area contributed by atoms with Gasteiger partial charge >= 0.3 is 11.9 Å². The Labute approximate surface area is 166 Å². The van der Waals surface area contributed by atoms with Crippen molar-refractivity contribution in [2.24, 2.45) is 14.1 Å². The van der Waals surface area contributed by atoms with Crippen LogP contribution in [-0.4, -0.2) is 25.8 Å². The van der Waals surface area contributed by atoms with Crippen LogP contribution in [0.25, 0.3) is 11.0 Å². The van der Waals surface area contributed by atoms with E-state index in [4.69, 9.17) is 0 Å². The Balaban J connectivity index is 1.87. The summed E-state index contributed by atoms with van der Waals surface area (Å²) in [6.45, 7) is 0. The van der Waals surface area contributed by atoms with Gasteiger partial charge in [-0.2, -0.15) is 13.2 Å². The van der Waals surface area contributed by atoms with Gasteiger partial charge in [-0.3, -0.25) is 18.7 Å². The van der Waals surface area contributed by atoms with E-state index in [1.165, 1.54) is 49.1 Å². The Morgan fingerprint density at radius 1 is 1.14 bits per heavy atom. The van der Waals surface area contributed by atoms with Crippen molar-refractivity contribution in [1.82, 2.24) is 14.1 Å². The van der Waals surface area contributed by atoms with E-state index in [9.17, 15) is 27.6 Å². The second-order valence-corrected chi connectivity index (χ2v) is 7.11. The Hall–Kier alpha value is -3.08. The Morgan fingerprint density at radius 3 is 2.52 bits per heavy atom. The highest BCUT2D eigenvalue weighted by atomic mass is 32.2. The molecule has 0 fully saturated rings. The zero-order valence-corrected chi connectivity index (χ0v) is 16.1. The van der Waals surface area contributed by atoms with Crippen LogP contribution in [0.15, 0.2) is 51.0 Å². The third kappa shape index (κ3) is 4.04. The summed E-state index contributed by atoms with van der Waals surface area (Å²) < 4.78 is 41.3. The third-order valence-electron chi connectivity index (χ3n) is 4.17. The molecule has 0 saturated carbocycles. The molecule has 3 aromatic rings.